The second kappa shape index (κ2) is 14.9. The van der Waals surface area contributed by atoms with Gasteiger partial charge in [-0.3, -0.25) is 19.2 Å². The van der Waals surface area contributed by atoms with Crippen molar-refractivity contribution in [3.05, 3.63) is 119 Å². The zero-order chi connectivity index (χ0) is 34.2. The highest BCUT2D eigenvalue weighted by atomic mass is 16.5. The number of esters is 2. The zero-order valence-electron chi connectivity index (χ0n) is 26.1. The monoisotopic (exact) mass is 648 g/mol. The number of anilines is 4. The molecule has 0 radical (unpaired) electrons. The van der Waals surface area contributed by atoms with Crippen LogP contribution in [0.1, 0.15) is 44.7 Å². The van der Waals surface area contributed by atoms with Crippen LogP contribution in [-0.4, -0.2) is 61.6 Å². The second-order valence-corrected chi connectivity index (χ2v) is 10.9. The van der Waals surface area contributed by atoms with Crippen LogP contribution >= 0.6 is 0 Å². The van der Waals surface area contributed by atoms with E-state index < -0.39 is 47.4 Å². The lowest BCUT2D eigenvalue weighted by Crippen LogP contribution is -2.35. The van der Waals surface area contributed by atoms with E-state index >= 15 is 0 Å². The third kappa shape index (κ3) is 7.73. The highest BCUT2D eigenvalue weighted by Gasteiger charge is 2.31. The number of carbonyl (C=O) groups is 6. The molecule has 0 fully saturated rings. The van der Waals surface area contributed by atoms with Gasteiger partial charge in [-0.1, -0.05) is 36.4 Å². The summed E-state index contributed by atoms with van der Waals surface area (Å²) in [5.41, 5.74) is 2.24. The quantitative estimate of drug-likeness (QED) is 0.142. The SMILES string of the molecule is COC(=O)[C@H](CC(=O)Nc1ccc2c(c1)C(=O)c1ccc(NC(=O)C[C@H](Nc3ccccc3)C(=O)OC)cc1C2=O)Nc1ccccc1. The largest absolute Gasteiger partial charge is 0.467 e. The molecule has 2 amide bonds. The number of para-hydroxylation sites is 2. The van der Waals surface area contributed by atoms with Crippen LogP contribution in [0.3, 0.4) is 0 Å². The summed E-state index contributed by atoms with van der Waals surface area (Å²) >= 11 is 0. The maximum Gasteiger partial charge on any atom is 0.328 e. The Hall–Kier alpha value is -6.30. The maximum atomic E-state index is 13.5. The summed E-state index contributed by atoms with van der Waals surface area (Å²) in [7, 11) is 2.46. The predicted molar refractivity (Wildman–Crippen MR) is 178 cm³/mol. The highest BCUT2D eigenvalue weighted by molar-refractivity contribution is 6.29. The zero-order valence-corrected chi connectivity index (χ0v) is 26.1. The first kappa shape index (κ1) is 33.1. The topological polar surface area (TPSA) is 169 Å². The normalized spacial score (nSPS) is 12.8. The molecule has 0 aromatic heterocycles. The number of nitrogens with one attached hydrogen (secondary N) is 4. The molecule has 1 aliphatic carbocycles. The van der Waals surface area contributed by atoms with Gasteiger partial charge in [0.25, 0.3) is 0 Å². The molecule has 2 atom stereocenters. The van der Waals surface area contributed by atoms with Crippen molar-refractivity contribution in [2.24, 2.45) is 0 Å². The van der Waals surface area contributed by atoms with Gasteiger partial charge in [-0.2, -0.15) is 0 Å². The van der Waals surface area contributed by atoms with E-state index in [0.29, 0.717) is 11.4 Å². The van der Waals surface area contributed by atoms with Gasteiger partial charge in [0, 0.05) is 45.0 Å². The lowest BCUT2D eigenvalue weighted by molar-refractivity contribution is -0.143. The van der Waals surface area contributed by atoms with Crippen molar-refractivity contribution in [2.75, 3.05) is 35.5 Å². The first-order valence-electron chi connectivity index (χ1n) is 14.9. The van der Waals surface area contributed by atoms with Crippen molar-refractivity contribution in [3.8, 4) is 0 Å². The van der Waals surface area contributed by atoms with Crippen molar-refractivity contribution in [1.82, 2.24) is 0 Å². The summed E-state index contributed by atoms with van der Waals surface area (Å²) < 4.78 is 9.69. The molecular weight excluding hydrogens is 616 g/mol. The van der Waals surface area contributed by atoms with Gasteiger partial charge in [-0.15, -0.1) is 0 Å². The molecule has 0 saturated heterocycles. The van der Waals surface area contributed by atoms with Gasteiger partial charge in [-0.05, 0) is 60.7 Å². The van der Waals surface area contributed by atoms with Gasteiger partial charge in [-0.25, -0.2) is 9.59 Å². The van der Waals surface area contributed by atoms with Crippen molar-refractivity contribution in [2.45, 2.75) is 24.9 Å². The number of hydrogen-bond acceptors (Lipinski definition) is 10. The summed E-state index contributed by atoms with van der Waals surface area (Å²) in [5.74, 6) is -3.16. The third-order valence-corrected chi connectivity index (χ3v) is 7.56. The van der Waals surface area contributed by atoms with Crippen molar-refractivity contribution >= 4 is 58.1 Å². The number of rotatable bonds is 12. The number of benzene rings is 4. The smallest absolute Gasteiger partial charge is 0.328 e. The molecular formula is C36H32N4O8. The lowest BCUT2D eigenvalue weighted by atomic mass is 9.83. The second-order valence-electron chi connectivity index (χ2n) is 10.9. The van der Waals surface area contributed by atoms with Crippen LogP contribution in [0, 0.1) is 0 Å². The molecule has 0 unspecified atom stereocenters. The average molecular weight is 649 g/mol. The molecule has 4 N–H and O–H groups in total. The predicted octanol–water partition coefficient (Wildman–Crippen LogP) is 4.43. The molecule has 0 bridgehead atoms. The fourth-order valence-corrected chi connectivity index (χ4v) is 5.24. The van der Waals surface area contributed by atoms with Gasteiger partial charge < -0.3 is 30.7 Å². The Kier molecular flexibility index (Phi) is 10.2. The van der Waals surface area contributed by atoms with E-state index in [4.69, 9.17) is 9.47 Å². The number of hydrogen-bond donors (Lipinski definition) is 4. The van der Waals surface area contributed by atoms with Crippen LogP contribution in [0.5, 0.6) is 0 Å². The van der Waals surface area contributed by atoms with E-state index in [9.17, 15) is 28.8 Å². The van der Waals surface area contributed by atoms with Crippen molar-refractivity contribution in [1.29, 1.82) is 0 Å². The van der Waals surface area contributed by atoms with E-state index in [0.717, 1.165) is 0 Å². The van der Waals surface area contributed by atoms with E-state index in [1.165, 1.54) is 50.6 Å². The number of ether oxygens (including phenoxy) is 2. The molecule has 12 nitrogen and oxygen atoms in total. The summed E-state index contributed by atoms with van der Waals surface area (Å²) in [6.45, 7) is 0. The summed E-state index contributed by atoms with van der Waals surface area (Å²) in [5, 5.41) is 11.3. The lowest BCUT2D eigenvalue weighted by Gasteiger charge is -2.20. The molecule has 0 aliphatic heterocycles. The Labute approximate surface area is 275 Å². The molecule has 12 heteroatoms. The third-order valence-electron chi connectivity index (χ3n) is 7.56. The molecule has 0 spiro atoms. The summed E-state index contributed by atoms with van der Waals surface area (Å²) in [6, 6.07) is 24.5. The number of fused-ring (bicyclic) bond motifs is 2. The van der Waals surface area contributed by atoms with E-state index in [1.807, 2.05) is 12.1 Å². The first-order chi connectivity index (χ1) is 23.2. The first-order valence-corrected chi connectivity index (χ1v) is 14.9. The summed E-state index contributed by atoms with van der Waals surface area (Å²) in [4.78, 5) is 77.4. The molecule has 0 saturated carbocycles. The minimum absolute atomic E-state index is 0.0990. The fourth-order valence-electron chi connectivity index (χ4n) is 5.24. The number of methoxy groups -OCH3 is 2. The van der Waals surface area contributed by atoms with Crippen LogP contribution in [0.25, 0.3) is 0 Å². The molecule has 4 aromatic carbocycles. The Morgan fingerprint density at radius 1 is 0.521 bits per heavy atom. The van der Waals surface area contributed by atoms with Gasteiger partial charge in [0.1, 0.15) is 12.1 Å². The number of ketones is 2. The van der Waals surface area contributed by atoms with Crippen LogP contribution < -0.4 is 21.3 Å². The highest BCUT2D eigenvalue weighted by Crippen LogP contribution is 2.31. The molecule has 5 rings (SSSR count). The van der Waals surface area contributed by atoms with Gasteiger partial charge in [0.2, 0.25) is 11.8 Å². The van der Waals surface area contributed by atoms with Gasteiger partial charge in [0.15, 0.2) is 11.6 Å². The minimum Gasteiger partial charge on any atom is -0.467 e. The maximum absolute atomic E-state index is 13.5. The molecule has 244 valence electrons. The van der Waals surface area contributed by atoms with E-state index in [-0.39, 0.29) is 46.5 Å². The van der Waals surface area contributed by atoms with Gasteiger partial charge >= 0.3 is 11.9 Å². The fraction of sp³-hybridized carbons (Fsp3) is 0.167. The average Bonchev–Trinajstić information content (AvgIpc) is 3.10. The van der Waals surface area contributed by atoms with Crippen LogP contribution in [0.15, 0.2) is 97.1 Å². The van der Waals surface area contributed by atoms with Crippen LogP contribution in [0.4, 0.5) is 22.7 Å². The standard InChI is InChI=1S/C36H32N4O8/c1-47-35(45)29(37-21-9-5-3-6-10-21)19-31(41)39-23-13-15-25-27(17-23)33(43)26-16-14-24(18-28(26)34(25)44)40-32(42)20-30(36(46)48-2)38-22-11-7-4-8-12-22/h3-18,29-30,37-38H,19-20H2,1-2H3,(H,39,41)(H,40,42)/t29-,30-/m0/s1. The van der Waals surface area contributed by atoms with Crippen LogP contribution in [-0.2, 0) is 28.7 Å². The Morgan fingerprint density at radius 3 is 1.25 bits per heavy atom. The molecule has 0 heterocycles. The van der Waals surface area contributed by atoms with E-state index in [1.54, 1.807) is 48.5 Å². The Balaban J connectivity index is 1.26. The number of amides is 2. The minimum atomic E-state index is -0.966. The van der Waals surface area contributed by atoms with E-state index in [2.05, 4.69) is 21.3 Å². The number of carbonyl (C=O) groups excluding carboxylic acids is 6. The molecule has 1 aliphatic rings. The van der Waals surface area contributed by atoms with Gasteiger partial charge in [0.05, 0.1) is 27.1 Å². The summed E-state index contributed by atoms with van der Waals surface area (Å²) in [6.07, 6.45) is -0.517. The Morgan fingerprint density at radius 2 is 0.896 bits per heavy atom. The Bertz CT molecular complexity index is 1740. The van der Waals surface area contributed by atoms with Crippen molar-refractivity contribution in [3.63, 3.8) is 0 Å². The molecule has 4 aromatic rings. The molecule has 48 heavy (non-hydrogen) atoms. The van der Waals surface area contributed by atoms with Crippen molar-refractivity contribution < 1.29 is 38.2 Å². The van der Waals surface area contributed by atoms with Crippen LogP contribution in [0.2, 0.25) is 0 Å².